The minimum atomic E-state index is -3.66. The van der Waals surface area contributed by atoms with Crippen molar-refractivity contribution in [3.05, 3.63) is 30.9 Å². The highest BCUT2D eigenvalue weighted by Gasteiger charge is 2.37. The third-order valence-corrected chi connectivity index (χ3v) is 5.54. The van der Waals surface area contributed by atoms with Gasteiger partial charge in [-0.05, 0) is 26.0 Å². The van der Waals surface area contributed by atoms with Crippen molar-refractivity contribution in [2.75, 3.05) is 32.1 Å². The predicted molar refractivity (Wildman–Crippen MR) is 97.7 cm³/mol. The third-order valence-electron chi connectivity index (χ3n) is 3.73. The molecule has 0 radical (unpaired) electrons. The Hall–Kier alpha value is -2.39. The fourth-order valence-electron chi connectivity index (χ4n) is 2.47. The molecule has 0 aliphatic carbocycles. The zero-order valence-electron chi connectivity index (χ0n) is 15.3. The molecule has 0 aromatic heterocycles. The van der Waals surface area contributed by atoms with Crippen LogP contribution in [0.4, 0.5) is 10.5 Å². The molecule has 0 unspecified atom stereocenters. The number of sulfonamides is 1. The Labute approximate surface area is 153 Å². The van der Waals surface area contributed by atoms with Gasteiger partial charge < -0.3 is 4.74 Å². The molecule has 142 valence electrons. The molecule has 8 nitrogen and oxygen atoms in total. The van der Waals surface area contributed by atoms with Crippen LogP contribution in [0.3, 0.4) is 0 Å². The molecule has 0 bridgehead atoms. The summed E-state index contributed by atoms with van der Waals surface area (Å²) in [7, 11) is -0.795. The molecule has 0 spiro atoms. The Balaban J connectivity index is 2.50. The number of carbonyl (C=O) groups excluding carboxylic acids is 2. The normalized spacial score (nSPS) is 15.3. The smallest absolute Gasteiger partial charge is 0.332 e. The Morgan fingerprint density at radius 3 is 2.50 bits per heavy atom. The molecule has 0 N–H and O–H groups in total. The highest BCUT2D eigenvalue weighted by atomic mass is 32.2. The minimum absolute atomic E-state index is 0.0443. The minimum Gasteiger partial charge on any atom is -0.489 e. The van der Waals surface area contributed by atoms with Crippen LogP contribution in [0.15, 0.2) is 35.7 Å². The summed E-state index contributed by atoms with van der Waals surface area (Å²) in [5.74, 6) is -0.125. The zero-order chi connectivity index (χ0) is 19.6. The van der Waals surface area contributed by atoms with Gasteiger partial charge in [-0.15, -0.1) is 6.58 Å². The second-order valence-corrected chi connectivity index (χ2v) is 8.40. The van der Waals surface area contributed by atoms with Gasteiger partial charge in [0.2, 0.25) is 10.0 Å². The second kappa shape index (κ2) is 7.46. The van der Waals surface area contributed by atoms with Gasteiger partial charge in [0.25, 0.3) is 5.91 Å². The maximum Gasteiger partial charge on any atom is 0.332 e. The molecule has 1 aliphatic rings. The highest BCUT2D eigenvalue weighted by Crippen LogP contribution is 2.34. The fourth-order valence-corrected chi connectivity index (χ4v) is 3.39. The van der Waals surface area contributed by atoms with Crippen molar-refractivity contribution in [2.45, 2.75) is 24.8 Å². The molecule has 1 aromatic carbocycles. The number of nitrogens with zero attached hydrogens (tertiary/aromatic N) is 3. The molecule has 2 rings (SSSR count). The number of rotatable bonds is 7. The Morgan fingerprint density at radius 1 is 1.31 bits per heavy atom. The number of anilines is 1. The number of hydrogen-bond acceptors (Lipinski definition) is 5. The van der Waals surface area contributed by atoms with Gasteiger partial charge in [-0.2, -0.15) is 0 Å². The van der Waals surface area contributed by atoms with Crippen LogP contribution < -0.4 is 9.64 Å². The van der Waals surface area contributed by atoms with E-state index in [1.54, 1.807) is 13.8 Å². The Morgan fingerprint density at radius 2 is 1.96 bits per heavy atom. The Bertz CT molecular complexity index is 833. The van der Waals surface area contributed by atoms with Gasteiger partial charge in [-0.3, -0.25) is 14.6 Å². The maximum atomic E-state index is 12.5. The molecule has 1 fully saturated rings. The maximum absolute atomic E-state index is 12.5. The molecule has 3 amide bonds. The van der Waals surface area contributed by atoms with Crippen molar-refractivity contribution in [3.8, 4) is 5.75 Å². The van der Waals surface area contributed by atoms with Gasteiger partial charge in [-0.25, -0.2) is 17.5 Å². The summed E-state index contributed by atoms with van der Waals surface area (Å²) in [5.41, 5.74) is 0.348. The average Bonchev–Trinajstić information content (AvgIpc) is 2.82. The van der Waals surface area contributed by atoms with E-state index in [1.807, 2.05) is 0 Å². The third kappa shape index (κ3) is 3.73. The van der Waals surface area contributed by atoms with Crippen LogP contribution in [0.25, 0.3) is 0 Å². The number of carbonyl (C=O) groups is 2. The molecule has 26 heavy (non-hydrogen) atoms. The molecule has 1 saturated heterocycles. The highest BCUT2D eigenvalue weighted by molar-refractivity contribution is 7.89. The molecule has 0 saturated carbocycles. The first-order valence-electron chi connectivity index (χ1n) is 8.05. The summed E-state index contributed by atoms with van der Waals surface area (Å²) in [6.45, 7) is 7.10. The lowest BCUT2D eigenvalue weighted by Crippen LogP contribution is -2.33. The van der Waals surface area contributed by atoms with Crippen molar-refractivity contribution < 1.29 is 22.7 Å². The van der Waals surface area contributed by atoms with E-state index in [0.717, 1.165) is 9.21 Å². The summed E-state index contributed by atoms with van der Waals surface area (Å²) in [5, 5.41) is 0. The average molecular weight is 381 g/mol. The summed E-state index contributed by atoms with van der Waals surface area (Å²) in [4.78, 5) is 27.0. The van der Waals surface area contributed by atoms with E-state index in [2.05, 4.69) is 6.58 Å². The van der Waals surface area contributed by atoms with E-state index in [-0.39, 0.29) is 35.7 Å². The zero-order valence-corrected chi connectivity index (χ0v) is 16.1. The van der Waals surface area contributed by atoms with Crippen LogP contribution in [-0.2, 0) is 14.8 Å². The van der Waals surface area contributed by atoms with Crippen LogP contribution in [0.2, 0.25) is 0 Å². The summed E-state index contributed by atoms with van der Waals surface area (Å²) in [6, 6.07) is 3.76. The van der Waals surface area contributed by atoms with Gasteiger partial charge in [0.15, 0.2) is 0 Å². The lowest BCUT2D eigenvalue weighted by Gasteiger charge is -2.22. The van der Waals surface area contributed by atoms with Gasteiger partial charge in [0.1, 0.15) is 12.3 Å². The first kappa shape index (κ1) is 19.9. The van der Waals surface area contributed by atoms with Gasteiger partial charge in [-0.1, -0.05) is 6.08 Å². The van der Waals surface area contributed by atoms with Crippen LogP contribution in [0.1, 0.15) is 13.8 Å². The van der Waals surface area contributed by atoms with Crippen molar-refractivity contribution in [1.29, 1.82) is 0 Å². The van der Waals surface area contributed by atoms with Crippen molar-refractivity contribution >= 4 is 27.6 Å². The Kier molecular flexibility index (Phi) is 5.72. The van der Waals surface area contributed by atoms with Gasteiger partial charge >= 0.3 is 6.03 Å². The second-order valence-electron chi connectivity index (χ2n) is 6.25. The first-order chi connectivity index (χ1) is 12.1. The van der Waals surface area contributed by atoms with Crippen molar-refractivity contribution in [2.24, 2.45) is 0 Å². The topological polar surface area (TPSA) is 87.2 Å². The number of ether oxygens (including phenoxy) is 1. The van der Waals surface area contributed by atoms with E-state index in [0.29, 0.717) is 5.69 Å². The van der Waals surface area contributed by atoms with E-state index in [4.69, 9.17) is 4.74 Å². The standard InChI is InChI=1S/C17H23N3O5S/c1-6-9-19-16(21)11-20(17(19)22)14-8-7-13(26(23,24)18(4)5)10-15(14)25-12(2)3/h6-8,10,12H,1,9,11H2,2-5H3. The van der Waals surface area contributed by atoms with E-state index in [1.165, 1.54) is 43.3 Å². The summed E-state index contributed by atoms with van der Waals surface area (Å²) >= 11 is 0. The van der Waals surface area contributed by atoms with Crippen molar-refractivity contribution in [3.63, 3.8) is 0 Å². The molecule has 0 atom stereocenters. The van der Waals surface area contributed by atoms with Crippen LogP contribution in [-0.4, -0.2) is 62.9 Å². The van der Waals surface area contributed by atoms with E-state index in [9.17, 15) is 18.0 Å². The summed E-state index contributed by atoms with van der Waals surface area (Å²) in [6.07, 6.45) is 1.22. The molecule has 1 aliphatic heterocycles. The first-order valence-corrected chi connectivity index (χ1v) is 9.49. The number of benzene rings is 1. The predicted octanol–water partition coefficient (Wildman–Crippen LogP) is 1.68. The van der Waals surface area contributed by atoms with Crippen LogP contribution in [0, 0.1) is 0 Å². The SMILES string of the molecule is C=CCN1C(=O)CN(c2ccc(S(=O)(=O)N(C)C)cc2OC(C)C)C1=O. The van der Waals surface area contributed by atoms with E-state index >= 15 is 0 Å². The molecular weight excluding hydrogens is 358 g/mol. The fraction of sp³-hybridized carbons (Fsp3) is 0.412. The molecule has 1 aromatic rings. The number of urea groups is 1. The largest absolute Gasteiger partial charge is 0.489 e. The van der Waals surface area contributed by atoms with E-state index < -0.39 is 16.1 Å². The van der Waals surface area contributed by atoms with Crippen molar-refractivity contribution in [1.82, 2.24) is 9.21 Å². The van der Waals surface area contributed by atoms with Gasteiger partial charge in [0, 0.05) is 26.7 Å². The molecule has 1 heterocycles. The molecule has 9 heteroatoms. The number of hydrogen-bond donors (Lipinski definition) is 0. The quantitative estimate of drug-likeness (QED) is 0.530. The van der Waals surface area contributed by atoms with Gasteiger partial charge in [0.05, 0.1) is 16.7 Å². The number of imide groups is 1. The van der Waals surface area contributed by atoms with Crippen LogP contribution >= 0.6 is 0 Å². The summed E-state index contributed by atoms with van der Waals surface area (Å²) < 4.78 is 31.6. The monoisotopic (exact) mass is 381 g/mol. The van der Waals surface area contributed by atoms with Crippen LogP contribution in [0.5, 0.6) is 5.75 Å². The lowest BCUT2D eigenvalue weighted by atomic mass is 10.2. The number of amides is 3. The lowest BCUT2D eigenvalue weighted by molar-refractivity contribution is -0.124. The molecular formula is C17H23N3O5S.